The standard InChI is InChI=1S/C21H22N2O3S/c1-14(2)19-12-17(16-7-3-4-8-18(16)23-19)21(25)26-13-20(24)22-10-9-15-6-5-11-27-15/h3-8,11-12,14H,9-10,13H2,1-2H3,(H,22,24). The van der Waals surface area contributed by atoms with Crippen LogP contribution in [-0.4, -0.2) is 30.0 Å². The van der Waals surface area contributed by atoms with Gasteiger partial charge in [0.05, 0.1) is 11.1 Å². The topological polar surface area (TPSA) is 68.3 Å². The number of benzene rings is 1. The highest BCUT2D eigenvalue weighted by molar-refractivity contribution is 7.09. The number of fused-ring (bicyclic) bond motifs is 1. The number of amides is 1. The highest BCUT2D eigenvalue weighted by atomic mass is 32.1. The van der Waals surface area contributed by atoms with Crippen molar-refractivity contribution < 1.29 is 14.3 Å². The van der Waals surface area contributed by atoms with Crippen LogP contribution in [0.5, 0.6) is 0 Å². The predicted molar refractivity (Wildman–Crippen MR) is 107 cm³/mol. The van der Waals surface area contributed by atoms with E-state index in [9.17, 15) is 9.59 Å². The predicted octanol–water partition coefficient (Wildman–Crippen LogP) is 3.94. The number of para-hydroxylation sites is 1. The van der Waals surface area contributed by atoms with Gasteiger partial charge in [0.1, 0.15) is 0 Å². The summed E-state index contributed by atoms with van der Waals surface area (Å²) < 4.78 is 5.24. The maximum Gasteiger partial charge on any atom is 0.339 e. The number of pyridine rings is 1. The number of aromatic nitrogens is 1. The minimum absolute atomic E-state index is 0.182. The third-order valence-corrected chi connectivity index (χ3v) is 5.09. The molecule has 3 rings (SSSR count). The number of thiophene rings is 1. The number of ether oxygens (including phenoxy) is 1. The van der Waals surface area contributed by atoms with E-state index in [4.69, 9.17) is 4.74 Å². The van der Waals surface area contributed by atoms with Crippen molar-refractivity contribution in [1.82, 2.24) is 10.3 Å². The molecule has 0 atom stereocenters. The lowest BCUT2D eigenvalue weighted by Gasteiger charge is -2.11. The summed E-state index contributed by atoms with van der Waals surface area (Å²) in [5.74, 6) is -0.632. The maximum atomic E-state index is 12.6. The molecule has 2 heterocycles. The number of nitrogens with zero attached hydrogens (tertiary/aromatic N) is 1. The molecule has 0 unspecified atom stereocenters. The lowest BCUT2D eigenvalue weighted by molar-refractivity contribution is -0.124. The molecule has 0 aliphatic heterocycles. The van der Waals surface area contributed by atoms with Crippen molar-refractivity contribution >= 4 is 34.1 Å². The Balaban J connectivity index is 1.62. The first kappa shape index (κ1) is 19.0. The van der Waals surface area contributed by atoms with Gasteiger partial charge in [-0.2, -0.15) is 0 Å². The highest BCUT2D eigenvalue weighted by Crippen LogP contribution is 2.23. The number of nitrogens with one attached hydrogen (secondary N) is 1. The quantitative estimate of drug-likeness (QED) is 0.629. The molecule has 0 saturated carbocycles. The SMILES string of the molecule is CC(C)c1cc(C(=O)OCC(=O)NCCc2cccs2)c2ccccc2n1. The second-order valence-electron chi connectivity index (χ2n) is 6.52. The number of carbonyl (C=O) groups excluding carboxylic acids is 2. The van der Waals surface area contributed by atoms with E-state index in [-0.39, 0.29) is 18.4 Å². The fraction of sp³-hybridized carbons (Fsp3) is 0.286. The van der Waals surface area contributed by atoms with Crippen molar-refractivity contribution in [2.75, 3.05) is 13.2 Å². The van der Waals surface area contributed by atoms with Crippen LogP contribution in [0.2, 0.25) is 0 Å². The Morgan fingerprint density at radius 2 is 2.00 bits per heavy atom. The van der Waals surface area contributed by atoms with E-state index in [0.717, 1.165) is 23.0 Å². The first-order valence-electron chi connectivity index (χ1n) is 8.90. The highest BCUT2D eigenvalue weighted by Gasteiger charge is 2.16. The summed E-state index contributed by atoms with van der Waals surface area (Å²) in [4.78, 5) is 30.3. The monoisotopic (exact) mass is 382 g/mol. The van der Waals surface area contributed by atoms with Gasteiger partial charge in [-0.3, -0.25) is 9.78 Å². The molecular formula is C21H22N2O3S. The van der Waals surface area contributed by atoms with Crippen molar-refractivity contribution in [2.24, 2.45) is 0 Å². The molecule has 5 nitrogen and oxygen atoms in total. The first-order valence-corrected chi connectivity index (χ1v) is 9.78. The van der Waals surface area contributed by atoms with Gasteiger partial charge in [-0.15, -0.1) is 11.3 Å². The Morgan fingerprint density at radius 1 is 1.19 bits per heavy atom. The number of hydrogen-bond acceptors (Lipinski definition) is 5. The fourth-order valence-electron chi connectivity index (χ4n) is 2.70. The van der Waals surface area contributed by atoms with Gasteiger partial charge in [-0.25, -0.2) is 4.79 Å². The minimum Gasteiger partial charge on any atom is -0.452 e. The molecule has 0 aliphatic carbocycles. The van der Waals surface area contributed by atoms with Crippen molar-refractivity contribution in [3.63, 3.8) is 0 Å². The average Bonchev–Trinajstić information content (AvgIpc) is 3.18. The summed E-state index contributed by atoms with van der Waals surface area (Å²) >= 11 is 1.65. The molecule has 0 spiro atoms. The Bertz CT molecular complexity index is 936. The van der Waals surface area contributed by atoms with Gasteiger partial charge >= 0.3 is 5.97 Å². The Hall–Kier alpha value is -2.73. The number of hydrogen-bond donors (Lipinski definition) is 1. The van der Waals surface area contributed by atoms with Crippen LogP contribution in [0.15, 0.2) is 47.8 Å². The van der Waals surface area contributed by atoms with E-state index in [1.54, 1.807) is 17.4 Å². The summed E-state index contributed by atoms with van der Waals surface area (Å²) in [6.45, 7) is 4.27. The molecule has 0 saturated heterocycles. The maximum absolute atomic E-state index is 12.6. The van der Waals surface area contributed by atoms with E-state index in [1.807, 2.05) is 55.6 Å². The van der Waals surface area contributed by atoms with Crippen LogP contribution in [0, 0.1) is 0 Å². The fourth-order valence-corrected chi connectivity index (χ4v) is 3.41. The molecule has 1 amide bonds. The van der Waals surface area contributed by atoms with Crippen LogP contribution < -0.4 is 5.32 Å². The van der Waals surface area contributed by atoms with Gasteiger partial charge in [0.25, 0.3) is 5.91 Å². The smallest absolute Gasteiger partial charge is 0.339 e. The zero-order chi connectivity index (χ0) is 19.2. The Kier molecular flexibility index (Phi) is 6.19. The summed E-state index contributed by atoms with van der Waals surface area (Å²) in [6.07, 6.45) is 0.768. The first-order chi connectivity index (χ1) is 13.0. The van der Waals surface area contributed by atoms with Gasteiger partial charge in [-0.1, -0.05) is 38.1 Å². The molecule has 1 N–H and O–H groups in total. The molecule has 0 fully saturated rings. The van der Waals surface area contributed by atoms with Crippen LogP contribution in [0.25, 0.3) is 10.9 Å². The van der Waals surface area contributed by atoms with Gasteiger partial charge < -0.3 is 10.1 Å². The number of esters is 1. The van der Waals surface area contributed by atoms with Crippen LogP contribution in [0.4, 0.5) is 0 Å². The molecule has 0 bridgehead atoms. The van der Waals surface area contributed by atoms with Gasteiger partial charge in [-0.05, 0) is 35.9 Å². The van der Waals surface area contributed by atoms with Gasteiger partial charge in [0, 0.05) is 22.5 Å². The Labute approximate surface area is 162 Å². The molecule has 6 heteroatoms. The third-order valence-electron chi connectivity index (χ3n) is 4.16. The molecule has 2 aromatic heterocycles. The zero-order valence-electron chi connectivity index (χ0n) is 15.4. The van der Waals surface area contributed by atoms with Crippen molar-refractivity contribution in [3.8, 4) is 0 Å². The third kappa shape index (κ3) is 4.92. The molecule has 1 aromatic carbocycles. The molecule has 0 aliphatic rings. The lowest BCUT2D eigenvalue weighted by Crippen LogP contribution is -2.30. The molecule has 27 heavy (non-hydrogen) atoms. The molecule has 140 valence electrons. The van der Waals surface area contributed by atoms with Crippen LogP contribution in [0.3, 0.4) is 0 Å². The summed E-state index contributed by atoms with van der Waals surface area (Å²) in [7, 11) is 0. The second kappa shape index (κ2) is 8.77. The molecule has 3 aromatic rings. The van der Waals surface area contributed by atoms with E-state index in [1.165, 1.54) is 4.88 Å². The molecular weight excluding hydrogens is 360 g/mol. The lowest BCUT2D eigenvalue weighted by atomic mass is 10.0. The molecule has 0 radical (unpaired) electrons. The Morgan fingerprint density at radius 3 is 2.74 bits per heavy atom. The van der Waals surface area contributed by atoms with E-state index in [0.29, 0.717) is 12.1 Å². The minimum atomic E-state index is -0.510. The summed E-state index contributed by atoms with van der Waals surface area (Å²) in [6, 6.07) is 13.2. The van der Waals surface area contributed by atoms with Gasteiger partial charge in [0.15, 0.2) is 6.61 Å². The average molecular weight is 382 g/mol. The number of rotatable bonds is 7. The largest absolute Gasteiger partial charge is 0.452 e. The van der Waals surface area contributed by atoms with Crippen molar-refractivity contribution in [3.05, 3.63) is 64.0 Å². The second-order valence-corrected chi connectivity index (χ2v) is 7.55. The van der Waals surface area contributed by atoms with Crippen molar-refractivity contribution in [2.45, 2.75) is 26.2 Å². The normalized spacial score (nSPS) is 10.9. The number of carbonyl (C=O) groups is 2. The van der Waals surface area contributed by atoms with Gasteiger partial charge in [0.2, 0.25) is 0 Å². The van der Waals surface area contributed by atoms with Crippen LogP contribution in [-0.2, 0) is 16.0 Å². The van der Waals surface area contributed by atoms with Crippen molar-refractivity contribution in [1.29, 1.82) is 0 Å². The van der Waals surface area contributed by atoms with Crippen LogP contribution in [0.1, 0.15) is 40.7 Å². The summed E-state index contributed by atoms with van der Waals surface area (Å²) in [5.41, 5.74) is 2.01. The van der Waals surface area contributed by atoms with E-state index >= 15 is 0 Å². The van der Waals surface area contributed by atoms with Crippen LogP contribution >= 0.6 is 11.3 Å². The van der Waals surface area contributed by atoms with E-state index in [2.05, 4.69) is 10.3 Å². The van der Waals surface area contributed by atoms with E-state index < -0.39 is 5.97 Å². The zero-order valence-corrected chi connectivity index (χ0v) is 16.2. The summed E-state index contributed by atoms with van der Waals surface area (Å²) in [5, 5.41) is 5.50.